The molecule has 1 saturated carbocycles. The summed E-state index contributed by atoms with van der Waals surface area (Å²) in [4.78, 5) is 2.42. The van der Waals surface area contributed by atoms with E-state index >= 15 is 0 Å². The molecule has 0 aromatic carbocycles. The Morgan fingerprint density at radius 3 is 2.40 bits per heavy atom. The topological polar surface area (TPSA) is 35.5 Å². The van der Waals surface area contributed by atoms with Crippen molar-refractivity contribution < 1.29 is 5.11 Å². The summed E-state index contributed by atoms with van der Waals surface area (Å²) in [5, 5.41) is 13.4. The van der Waals surface area contributed by atoms with Crippen LogP contribution in [0, 0.1) is 11.3 Å². The SMILES string of the molecule is CCC(CC)(CO)CNCC1(N(C)C)CCCC(C)C1. The van der Waals surface area contributed by atoms with Crippen LogP contribution < -0.4 is 5.32 Å². The van der Waals surface area contributed by atoms with Crippen molar-refractivity contribution in [3.8, 4) is 0 Å². The molecule has 20 heavy (non-hydrogen) atoms. The Labute approximate surface area is 126 Å². The lowest BCUT2D eigenvalue weighted by molar-refractivity contribution is 0.0630. The van der Waals surface area contributed by atoms with E-state index in [9.17, 15) is 5.11 Å². The number of aliphatic hydroxyl groups excluding tert-OH is 1. The third kappa shape index (κ3) is 4.19. The molecule has 1 aliphatic carbocycles. The van der Waals surface area contributed by atoms with Crippen LogP contribution in [-0.4, -0.2) is 49.3 Å². The standard InChI is InChI=1S/C17H36N2O/c1-6-16(7-2,14-20)12-18-13-17(19(4)5)10-8-9-15(3)11-17/h15,18,20H,6-14H2,1-5H3. The summed E-state index contributed by atoms with van der Waals surface area (Å²) < 4.78 is 0. The number of likely N-dealkylation sites (N-methyl/N-ethyl adjacent to an activating group) is 1. The van der Waals surface area contributed by atoms with Crippen LogP contribution in [0.1, 0.15) is 59.3 Å². The van der Waals surface area contributed by atoms with E-state index in [1.807, 2.05) is 0 Å². The zero-order chi connectivity index (χ0) is 15.2. The third-order valence-electron chi connectivity index (χ3n) is 5.81. The zero-order valence-electron chi connectivity index (χ0n) is 14.3. The van der Waals surface area contributed by atoms with E-state index in [0.717, 1.165) is 31.8 Å². The molecule has 0 aromatic rings. The molecule has 0 bridgehead atoms. The van der Waals surface area contributed by atoms with E-state index in [1.54, 1.807) is 0 Å². The molecule has 0 aliphatic heterocycles. The van der Waals surface area contributed by atoms with Gasteiger partial charge < -0.3 is 15.3 Å². The van der Waals surface area contributed by atoms with E-state index in [-0.39, 0.29) is 5.41 Å². The van der Waals surface area contributed by atoms with Gasteiger partial charge >= 0.3 is 0 Å². The predicted octanol–water partition coefficient (Wildman–Crippen LogP) is 2.89. The highest BCUT2D eigenvalue weighted by molar-refractivity contribution is 4.95. The van der Waals surface area contributed by atoms with Gasteiger partial charge in [0.2, 0.25) is 0 Å². The number of hydrogen-bond acceptors (Lipinski definition) is 3. The lowest BCUT2D eigenvalue weighted by atomic mass is 9.75. The quantitative estimate of drug-likeness (QED) is 0.719. The summed E-state index contributed by atoms with van der Waals surface area (Å²) in [6.45, 7) is 9.02. The van der Waals surface area contributed by atoms with Crippen molar-refractivity contribution in [3.63, 3.8) is 0 Å². The Morgan fingerprint density at radius 1 is 1.30 bits per heavy atom. The van der Waals surface area contributed by atoms with Crippen molar-refractivity contribution in [2.45, 2.75) is 64.8 Å². The Morgan fingerprint density at radius 2 is 1.95 bits per heavy atom. The monoisotopic (exact) mass is 284 g/mol. The summed E-state index contributed by atoms with van der Waals surface area (Å²) in [5.41, 5.74) is 0.369. The van der Waals surface area contributed by atoms with Gasteiger partial charge in [0.1, 0.15) is 0 Å². The molecule has 0 amide bonds. The van der Waals surface area contributed by atoms with Gasteiger partial charge in [-0.25, -0.2) is 0 Å². The largest absolute Gasteiger partial charge is 0.396 e. The van der Waals surface area contributed by atoms with Gasteiger partial charge in [-0.05, 0) is 45.7 Å². The average molecular weight is 284 g/mol. The van der Waals surface area contributed by atoms with Crippen LogP contribution >= 0.6 is 0 Å². The average Bonchev–Trinajstić information content (AvgIpc) is 2.44. The number of rotatable bonds is 8. The molecule has 0 aromatic heterocycles. The second-order valence-corrected chi connectivity index (χ2v) is 7.29. The van der Waals surface area contributed by atoms with Gasteiger partial charge in [-0.15, -0.1) is 0 Å². The van der Waals surface area contributed by atoms with Crippen molar-refractivity contribution in [3.05, 3.63) is 0 Å². The minimum Gasteiger partial charge on any atom is -0.396 e. The fourth-order valence-electron chi connectivity index (χ4n) is 3.70. The molecule has 0 radical (unpaired) electrons. The van der Waals surface area contributed by atoms with Crippen LogP contribution in [0.4, 0.5) is 0 Å². The maximum Gasteiger partial charge on any atom is 0.0499 e. The minimum absolute atomic E-state index is 0.0633. The Hall–Kier alpha value is -0.120. The van der Waals surface area contributed by atoms with E-state index in [2.05, 4.69) is 45.1 Å². The Bertz CT molecular complexity index is 268. The van der Waals surface area contributed by atoms with Crippen LogP contribution in [0.5, 0.6) is 0 Å². The predicted molar refractivity (Wildman–Crippen MR) is 87.0 cm³/mol. The maximum atomic E-state index is 9.68. The second kappa shape index (κ2) is 7.77. The van der Waals surface area contributed by atoms with Crippen LogP contribution in [0.2, 0.25) is 0 Å². The van der Waals surface area contributed by atoms with Gasteiger partial charge in [-0.2, -0.15) is 0 Å². The highest BCUT2D eigenvalue weighted by Crippen LogP contribution is 2.35. The number of hydrogen-bond donors (Lipinski definition) is 2. The summed E-state index contributed by atoms with van der Waals surface area (Å²) >= 11 is 0. The van der Waals surface area contributed by atoms with Crippen molar-refractivity contribution in [2.24, 2.45) is 11.3 Å². The molecule has 3 heteroatoms. The first-order valence-electron chi connectivity index (χ1n) is 8.42. The van der Waals surface area contributed by atoms with Crippen molar-refractivity contribution in [2.75, 3.05) is 33.8 Å². The second-order valence-electron chi connectivity index (χ2n) is 7.29. The van der Waals surface area contributed by atoms with Gasteiger partial charge in [0.15, 0.2) is 0 Å². The highest BCUT2D eigenvalue weighted by Gasteiger charge is 2.37. The molecule has 1 aliphatic rings. The smallest absolute Gasteiger partial charge is 0.0499 e. The fraction of sp³-hybridized carbons (Fsp3) is 1.00. The fourth-order valence-corrected chi connectivity index (χ4v) is 3.70. The van der Waals surface area contributed by atoms with Gasteiger partial charge in [-0.3, -0.25) is 0 Å². The van der Waals surface area contributed by atoms with Crippen LogP contribution in [0.15, 0.2) is 0 Å². The molecule has 0 heterocycles. The van der Waals surface area contributed by atoms with Gasteiger partial charge in [0.05, 0.1) is 0 Å². The molecular formula is C17H36N2O. The number of nitrogens with one attached hydrogen (secondary N) is 1. The Kier molecular flexibility index (Phi) is 6.96. The first-order chi connectivity index (χ1) is 9.43. The van der Waals surface area contributed by atoms with Gasteiger partial charge in [-0.1, -0.05) is 33.6 Å². The molecule has 0 saturated heterocycles. The first-order valence-corrected chi connectivity index (χ1v) is 8.42. The van der Waals surface area contributed by atoms with Crippen molar-refractivity contribution in [1.82, 2.24) is 10.2 Å². The molecule has 2 atom stereocenters. The van der Waals surface area contributed by atoms with Gasteiger partial charge in [0, 0.05) is 30.7 Å². The first kappa shape index (κ1) is 17.9. The van der Waals surface area contributed by atoms with Gasteiger partial charge in [0.25, 0.3) is 0 Å². The van der Waals surface area contributed by atoms with Crippen LogP contribution in [0.25, 0.3) is 0 Å². The summed E-state index contributed by atoms with van der Waals surface area (Å²) in [5.74, 6) is 0.827. The van der Waals surface area contributed by atoms with Crippen LogP contribution in [-0.2, 0) is 0 Å². The zero-order valence-corrected chi connectivity index (χ0v) is 14.3. The van der Waals surface area contributed by atoms with E-state index in [1.165, 1.54) is 25.7 Å². The molecule has 2 unspecified atom stereocenters. The molecule has 2 N–H and O–H groups in total. The lowest BCUT2D eigenvalue weighted by Gasteiger charge is -2.46. The molecule has 120 valence electrons. The van der Waals surface area contributed by atoms with E-state index in [4.69, 9.17) is 0 Å². The summed E-state index contributed by atoms with van der Waals surface area (Å²) in [6, 6.07) is 0. The summed E-state index contributed by atoms with van der Waals surface area (Å²) in [7, 11) is 4.44. The van der Waals surface area contributed by atoms with E-state index < -0.39 is 0 Å². The number of aliphatic hydroxyl groups is 1. The van der Waals surface area contributed by atoms with Crippen molar-refractivity contribution >= 4 is 0 Å². The molecular weight excluding hydrogens is 248 g/mol. The van der Waals surface area contributed by atoms with E-state index in [0.29, 0.717) is 12.1 Å². The third-order valence-corrected chi connectivity index (χ3v) is 5.81. The molecule has 3 nitrogen and oxygen atoms in total. The molecule has 0 spiro atoms. The molecule has 1 rings (SSSR count). The normalized spacial score (nSPS) is 28.1. The molecule has 1 fully saturated rings. The summed E-state index contributed by atoms with van der Waals surface area (Å²) in [6.07, 6.45) is 7.38. The Balaban J connectivity index is 2.60. The van der Waals surface area contributed by atoms with Crippen molar-refractivity contribution in [1.29, 1.82) is 0 Å². The van der Waals surface area contributed by atoms with Crippen LogP contribution in [0.3, 0.4) is 0 Å². The maximum absolute atomic E-state index is 9.68. The highest BCUT2D eigenvalue weighted by atomic mass is 16.3. The number of nitrogens with zero attached hydrogens (tertiary/aromatic N) is 1. The minimum atomic E-state index is 0.0633. The lowest BCUT2D eigenvalue weighted by Crippen LogP contribution is -2.55.